The van der Waals surface area contributed by atoms with Crippen LogP contribution in [0.3, 0.4) is 0 Å². The van der Waals surface area contributed by atoms with E-state index in [2.05, 4.69) is 26.7 Å². The van der Waals surface area contributed by atoms with Crippen molar-refractivity contribution in [2.24, 2.45) is 5.73 Å². The summed E-state index contributed by atoms with van der Waals surface area (Å²) in [6.45, 7) is 6.05. The van der Waals surface area contributed by atoms with Crippen molar-refractivity contribution in [3.63, 3.8) is 0 Å². The van der Waals surface area contributed by atoms with E-state index in [9.17, 15) is 0 Å². The predicted octanol–water partition coefficient (Wildman–Crippen LogP) is 1.41. The van der Waals surface area contributed by atoms with Crippen LogP contribution in [0.25, 0.3) is 0 Å². The summed E-state index contributed by atoms with van der Waals surface area (Å²) in [5.74, 6) is 0. The Balaban J connectivity index is 2.38. The van der Waals surface area contributed by atoms with Gasteiger partial charge >= 0.3 is 0 Å². The van der Waals surface area contributed by atoms with Crippen LogP contribution in [-0.2, 0) is 5.54 Å². The maximum Gasteiger partial charge on any atom is 0.0954 e. The van der Waals surface area contributed by atoms with E-state index < -0.39 is 5.54 Å². The largest absolute Gasteiger partial charge is 0.325 e. The Hall–Kier alpha value is -1.62. The van der Waals surface area contributed by atoms with Crippen LogP contribution in [0.15, 0.2) is 24.9 Å². The molecule has 2 heterocycles. The molecule has 0 aliphatic heterocycles. The molecule has 2 aromatic rings. The molecule has 0 bridgehead atoms. The Morgan fingerprint density at radius 2 is 2.19 bits per heavy atom. The maximum atomic E-state index is 6.11. The zero-order chi connectivity index (χ0) is 11.8. The number of rotatable bonds is 3. The van der Waals surface area contributed by atoms with Gasteiger partial charge in [0.1, 0.15) is 0 Å². The fraction of sp³-hybridized carbons (Fsp3) is 0.455. The van der Waals surface area contributed by atoms with Crippen molar-refractivity contribution in [1.29, 1.82) is 0 Å². The summed E-state index contributed by atoms with van der Waals surface area (Å²) in [5.41, 5.74) is 7.84. The van der Waals surface area contributed by atoms with Crippen molar-refractivity contribution in [3.8, 4) is 0 Å². The molecule has 2 rings (SSSR count). The smallest absolute Gasteiger partial charge is 0.0954 e. The lowest BCUT2D eigenvalue weighted by atomic mass is 10.0. The molecular formula is C11H17N5. The molecule has 3 N–H and O–H groups in total. The van der Waals surface area contributed by atoms with Crippen molar-refractivity contribution in [1.82, 2.24) is 19.7 Å². The fourth-order valence-electron chi connectivity index (χ4n) is 1.76. The minimum Gasteiger partial charge on any atom is -0.325 e. The van der Waals surface area contributed by atoms with Crippen LogP contribution in [0, 0.1) is 0 Å². The molecule has 2 aromatic heterocycles. The lowest BCUT2D eigenvalue weighted by Crippen LogP contribution is -2.32. The molecule has 16 heavy (non-hydrogen) atoms. The third-order valence-electron chi connectivity index (χ3n) is 2.75. The molecule has 5 nitrogen and oxygen atoms in total. The Labute approximate surface area is 94.7 Å². The summed E-state index contributed by atoms with van der Waals surface area (Å²) in [4.78, 5) is 4.17. The van der Waals surface area contributed by atoms with Crippen molar-refractivity contribution in [2.75, 3.05) is 0 Å². The fourth-order valence-corrected chi connectivity index (χ4v) is 1.76. The van der Waals surface area contributed by atoms with Crippen molar-refractivity contribution in [3.05, 3.63) is 36.2 Å². The van der Waals surface area contributed by atoms with Gasteiger partial charge in [-0.25, -0.2) is 4.98 Å². The van der Waals surface area contributed by atoms with Crippen LogP contribution in [0.4, 0.5) is 0 Å². The second-order valence-electron chi connectivity index (χ2n) is 4.62. The maximum absolute atomic E-state index is 6.11. The van der Waals surface area contributed by atoms with Crippen molar-refractivity contribution < 1.29 is 0 Å². The molecule has 0 spiro atoms. The number of aromatic nitrogens is 4. The second kappa shape index (κ2) is 3.75. The Kier molecular flexibility index (Phi) is 2.55. The SMILES string of the molecule is CC(c1cn[nH]c1)n1cncc1C(C)(C)N. The molecule has 0 fully saturated rings. The van der Waals surface area contributed by atoms with Gasteiger partial charge in [0.25, 0.3) is 0 Å². The van der Waals surface area contributed by atoms with Gasteiger partial charge in [-0.2, -0.15) is 5.10 Å². The molecule has 0 aromatic carbocycles. The first kappa shape index (κ1) is 10.9. The van der Waals surface area contributed by atoms with E-state index in [0.29, 0.717) is 0 Å². The molecule has 0 radical (unpaired) electrons. The zero-order valence-corrected chi connectivity index (χ0v) is 9.81. The minimum atomic E-state index is -0.394. The van der Waals surface area contributed by atoms with E-state index >= 15 is 0 Å². The average Bonchev–Trinajstić information content (AvgIpc) is 2.87. The standard InChI is InChI=1S/C11H17N5/c1-8(9-4-14-15-5-9)16-7-13-6-10(16)11(2,3)12/h4-8H,12H2,1-3H3,(H,14,15). The van der Waals surface area contributed by atoms with Gasteiger partial charge in [0.2, 0.25) is 0 Å². The first-order chi connectivity index (χ1) is 7.50. The van der Waals surface area contributed by atoms with Gasteiger partial charge in [-0.05, 0) is 20.8 Å². The minimum absolute atomic E-state index is 0.180. The van der Waals surface area contributed by atoms with Crippen molar-refractivity contribution >= 4 is 0 Å². The Morgan fingerprint density at radius 3 is 2.75 bits per heavy atom. The Morgan fingerprint density at radius 1 is 1.44 bits per heavy atom. The highest BCUT2D eigenvalue weighted by Gasteiger charge is 2.22. The number of aromatic amines is 1. The molecule has 0 aliphatic rings. The van der Waals surface area contributed by atoms with Gasteiger partial charge in [-0.3, -0.25) is 5.10 Å². The summed E-state index contributed by atoms with van der Waals surface area (Å²) >= 11 is 0. The number of nitrogens with one attached hydrogen (secondary N) is 1. The molecule has 0 saturated carbocycles. The average molecular weight is 219 g/mol. The summed E-state index contributed by atoms with van der Waals surface area (Å²) in [7, 11) is 0. The van der Waals surface area contributed by atoms with Crippen LogP contribution < -0.4 is 5.73 Å². The van der Waals surface area contributed by atoms with Crippen molar-refractivity contribution in [2.45, 2.75) is 32.4 Å². The second-order valence-corrected chi connectivity index (χ2v) is 4.62. The van der Waals surface area contributed by atoms with Gasteiger partial charge in [0.05, 0.1) is 36.0 Å². The van der Waals surface area contributed by atoms with E-state index in [0.717, 1.165) is 11.3 Å². The molecule has 1 unspecified atom stereocenters. The first-order valence-electron chi connectivity index (χ1n) is 5.30. The topological polar surface area (TPSA) is 72.5 Å². The van der Waals surface area contributed by atoms with Gasteiger partial charge in [-0.1, -0.05) is 0 Å². The number of nitrogens with two attached hydrogens (primary N) is 1. The number of imidazole rings is 1. The lowest BCUT2D eigenvalue weighted by molar-refractivity contribution is 0.477. The number of hydrogen-bond donors (Lipinski definition) is 2. The first-order valence-corrected chi connectivity index (χ1v) is 5.30. The lowest BCUT2D eigenvalue weighted by Gasteiger charge is -2.23. The molecule has 0 amide bonds. The van der Waals surface area contributed by atoms with Gasteiger partial charge < -0.3 is 10.3 Å². The third kappa shape index (κ3) is 1.86. The molecular weight excluding hydrogens is 202 g/mol. The highest BCUT2D eigenvalue weighted by atomic mass is 15.1. The summed E-state index contributed by atoms with van der Waals surface area (Å²) in [6, 6.07) is 0.180. The highest BCUT2D eigenvalue weighted by Crippen LogP contribution is 2.23. The van der Waals surface area contributed by atoms with Gasteiger partial charge in [-0.15, -0.1) is 0 Å². The van der Waals surface area contributed by atoms with Crippen LogP contribution in [0.1, 0.15) is 38.1 Å². The summed E-state index contributed by atoms with van der Waals surface area (Å²) < 4.78 is 2.07. The van der Waals surface area contributed by atoms with E-state index in [-0.39, 0.29) is 6.04 Å². The van der Waals surface area contributed by atoms with E-state index in [1.54, 1.807) is 0 Å². The van der Waals surface area contributed by atoms with Crippen LogP contribution in [-0.4, -0.2) is 19.7 Å². The van der Waals surface area contributed by atoms with Crippen LogP contribution in [0.2, 0.25) is 0 Å². The molecule has 86 valence electrons. The summed E-state index contributed by atoms with van der Waals surface area (Å²) in [6.07, 6.45) is 7.33. The monoisotopic (exact) mass is 219 g/mol. The molecule has 0 saturated heterocycles. The van der Waals surface area contributed by atoms with Crippen LogP contribution >= 0.6 is 0 Å². The number of nitrogens with zero attached hydrogens (tertiary/aromatic N) is 3. The van der Waals surface area contributed by atoms with Gasteiger partial charge in [0, 0.05) is 11.8 Å². The summed E-state index contributed by atoms with van der Waals surface area (Å²) in [5, 5.41) is 6.77. The Bertz CT molecular complexity index is 449. The van der Waals surface area contributed by atoms with E-state index in [4.69, 9.17) is 5.73 Å². The third-order valence-corrected chi connectivity index (χ3v) is 2.75. The molecule has 0 aliphatic carbocycles. The highest BCUT2D eigenvalue weighted by molar-refractivity contribution is 5.17. The normalized spacial score (nSPS) is 14.0. The predicted molar refractivity (Wildman–Crippen MR) is 61.8 cm³/mol. The number of hydrogen-bond acceptors (Lipinski definition) is 3. The zero-order valence-electron chi connectivity index (χ0n) is 9.81. The molecule has 5 heteroatoms. The van der Waals surface area contributed by atoms with E-state index in [1.165, 1.54) is 0 Å². The van der Waals surface area contributed by atoms with E-state index in [1.807, 2.05) is 38.8 Å². The molecule has 1 atom stereocenters. The quantitative estimate of drug-likeness (QED) is 0.819. The van der Waals surface area contributed by atoms with Crippen LogP contribution in [0.5, 0.6) is 0 Å². The number of H-pyrrole nitrogens is 1. The van der Waals surface area contributed by atoms with Gasteiger partial charge in [0.15, 0.2) is 0 Å².